The van der Waals surface area contributed by atoms with E-state index in [0.717, 1.165) is 12.2 Å². The number of allylic oxidation sites excluding steroid dienone is 2. The van der Waals surface area contributed by atoms with Crippen LogP contribution in [0.25, 0.3) is 0 Å². The topological polar surface area (TPSA) is 18.5 Å². The summed E-state index contributed by atoms with van der Waals surface area (Å²) in [4.78, 5) is 9.98. The molecule has 0 fully saturated rings. The molecule has 0 spiro atoms. The number of hydrogen-bond donors (Lipinski definition) is 0. The van der Waals surface area contributed by atoms with Gasteiger partial charge >= 0.3 is 0 Å². The van der Waals surface area contributed by atoms with Gasteiger partial charge in [0.1, 0.15) is 5.76 Å². The minimum Gasteiger partial charge on any atom is -0.342 e. The Balaban J connectivity index is 2.70. The molecule has 11 heavy (non-hydrogen) atoms. The van der Waals surface area contributed by atoms with Crippen LogP contribution in [0, 0.1) is 5.92 Å². The van der Waals surface area contributed by atoms with Crippen molar-refractivity contribution in [1.29, 1.82) is 0 Å². The smallest absolute Gasteiger partial charge is 0.138 e. The first-order chi connectivity index (χ1) is 5.25. The monoisotopic (exact) mass is 156 g/mol. The minimum absolute atomic E-state index is 0.650. The Morgan fingerprint density at radius 2 is 2.18 bits per heavy atom. The van der Waals surface area contributed by atoms with Gasteiger partial charge in [0, 0.05) is 0 Å². The predicted octanol–water partition coefficient (Wildman–Crippen LogP) is 2.66. The third-order valence-corrected chi connectivity index (χ3v) is 2.39. The lowest BCUT2D eigenvalue weighted by Crippen LogP contribution is -2.01. The molecule has 2 heteroatoms. The Bertz CT molecular complexity index is 161. The molecule has 0 amide bonds. The standard InChI is InChI=1S/C9H16O2/c1-4-9-5-6-10-11-8(3)7(9)2/h9H,4-6H2,1-3H3. The maximum absolute atomic E-state index is 5.03. The Morgan fingerprint density at radius 3 is 2.82 bits per heavy atom. The van der Waals surface area contributed by atoms with Crippen molar-refractivity contribution < 1.29 is 9.78 Å². The molecule has 0 aromatic carbocycles. The first kappa shape index (κ1) is 8.60. The second-order valence-corrected chi connectivity index (χ2v) is 3.04. The Labute approximate surface area is 68.1 Å². The zero-order valence-corrected chi connectivity index (χ0v) is 7.52. The predicted molar refractivity (Wildman–Crippen MR) is 43.8 cm³/mol. The first-order valence-corrected chi connectivity index (χ1v) is 4.22. The van der Waals surface area contributed by atoms with Crippen molar-refractivity contribution in [3.8, 4) is 0 Å². The Kier molecular flexibility index (Phi) is 2.94. The van der Waals surface area contributed by atoms with E-state index in [-0.39, 0.29) is 0 Å². The van der Waals surface area contributed by atoms with Crippen LogP contribution in [0.5, 0.6) is 0 Å². The third kappa shape index (κ3) is 1.96. The van der Waals surface area contributed by atoms with Gasteiger partial charge < -0.3 is 4.89 Å². The summed E-state index contributed by atoms with van der Waals surface area (Å²) in [5, 5.41) is 0. The molecular formula is C9H16O2. The summed E-state index contributed by atoms with van der Waals surface area (Å²) in [7, 11) is 0. The van der Waals surface area contributed by atoms with Crippen LogP contribution >= 0.6 is 0 Å². The lowest BCUT2D eigenvalue weighted by Gasteiger charge is -2.11. The molecule has 1 unspecified atom stereocenters. The molecule has 1 heterocycles. The van der Waals surface area contributed by atoms with Gasteiger partial charge in [-0.2, -0.15) is 4.89 Å². The molecule has 64 valence electrons. The Hall–Kier alpha value is -0.500. The van der Waals surface area contributed by atoms with Crippen molar-refractivity contribution in [3.63, 3.8) is 0 Å². The summed E-state index contributed by atoms with van der Waals surface area (Å²) in [5.41, 5.74) is 1.34. The zero-order chi connectivity index (χ0) is 8.27. The van der Waals surface area contributed by atoms with Crippen LogP contribution < -0.4 is 0 Å². The molecule has 0 aliphatic carbocycles. The fraction of sp³-hybridized carbons (Fsp3) is 0.778. The van der Waals surface area contributed by atoms with Gasteiger partial charge in [-0.15, -0.1) is 0 Å². The fourth-order valence-corrected chi connectivity index (χ4v) is 1.40. The highest BCUT2D eigenvalue weighted by atomic mass is 17.2. The maximum Gasteiger partial charge on any atom is 0.138 e. The van der Waals surface area contributed by atoms with Crippen molar-refractivity contribution in [3.05, 3.63) is 11.3 Å². The maximum atomic E-state index is 5.03. The van der Waals surface area contributed by atoms with Gasteiger partial charge in [-0.1, -0.05) is 6.92 Å². The third-order valence-electron chi connectivity index (χ3n) is 2.39. The molecule has 1 atom stereocenters. The van der Waals surface area contributed by atoms with Crippen molar-refractivity contribution in [2.75, 3.05) is 6.61 Å². The van der Waals surface area contributed by atoms with E-state index in [1.165, 1.54) is 12.0 Å². The molecule has 0 saturated heterocycles. The van der Waals surface area contributed by atoms with E-state index in [1.54, 1.807) is 0 Å². The van der Waals surface area contributed by atoms with E-state index in [9.17, 15) is 0 Å². The normalized spacial score (nSPS) is 26.3. The van der Waals surface area contributed by atoms with Gasteiger partial charge in [-0.05, 0) is 38.2 Å². The molecule has 0 aromatic rings. The lowest BCUT2D eigenvalue weighted by molar-refractivity contribution is -0.259. The first-order valence-electron chi connectivity index (χ1n) is 4.22. The average molecular weight is 156 g/mol. The van der Waals surface area contributed by atoms with Gasteiger partial charge in [0.25, 0.3) is 0 Å². The molecule has 0 aromatic heterocycles. The van der Waals surface area contributed by atoms with Crippen LogP contribution in [0.3, 0.4) is 0 Å². The second-order valence-electron chi connectivity index (χ2n) is 3.04. The Morgan fingerprint density at radius 1 is 1.45 bits per heavy atom. The molecular weight excluding hydrogens is 140 g/mol. The number of hydrogen-bond acceptors (Lipinski definition) is 2. The second kappa shape index (κ2) is 3.77. The van der Waals surface area contributed by atoms with Crippen LogP contribution in [0.2, 0.25) is 0 Å². The average Bonchev–Trinajstić information content (AvgIpc) is 2.16. The molecule has 0 bridgehead atoms. The summed E-state index contributed by atoms with van der Waals surface area (Å²) >= 11 is 0. The highest BCUT2D eigenvalue weighted by Crippen LogP contribution is 2.25. The zero-order valence-electron chi connectivity index (χ0n) is 7.52. The van der Waals surface area contributed by atoms with Crippen LogP contribution in [-0.4, -0.2) is 6.61 Å². The van der Waals surface area contributed by atoms with E-state index >= 15 is 0 Å². The molecule has 0 N–H and O–H groups in total. The molecule has 0 radical (unpaired) electrons. The van der Waals surface area contributed by atoms with Crippen molar-refractivity contribution in [1.82, 2.24) is 0 Å². The van der Waals surface area contributed by atoms with Gasteiger partial charge in [0.15, 0.2) is 0 Å². The van der Waals surface area contributed by atoms with Crippen molar-refractivity contribution in [2.45, 2.75) is 33.6 Å². The summed E-state index contributed by atoms with van der Waals surface area (Å²) in [5.74, 6) is 1.59. The van der Waals surface area contributed by atoms with Gasteiger partial charge in [-0.3, -0.25) is 0 Å². The quantitative estimate of drug-likeness (QED) is 0.543. The van der Waals surface area contributed by atoms with E-state index in [4.69, 9.17) is 9.78 Å². The van der Waals surface area contributed by atoms with Crippen LogP contribution in [0.15, 0.2) is 11.3 Å². The summed E-state index contributed by atoms with van der Waals surface area (Å²) in [6, 6.07) is 0. The van der Waals surface area contributed by atoms with Gasteiger partial charge in [-0.25, -0.2) is 0 Å². The molecule has 1 aliphatic rings. The lowest BCUT2D eigenvalue weighted by atomic mass is 9.94. The molecule has 2 nitrogen and oxygen atoms in total. The van der Waals surface area contributed by atoms with E-state index in [1.807, 2.05) is 6.92 Å². The van der Waals surface area contributed by atoms with E-state index < -0.39 is 0 Å². The van der Waals surface area contributed by atoms with Crippen molar-refractivity contribution in [2.24, 2.45) is 5.92 Å². The van der Waals surface area contributed by atoms with Crippen LogP contribution in [-0.2, 0) is 9.78 Å². The minimum atomic E-state index is 0.650. The summed E-state index contributed by atoms with van der Waals surface area (Å²) in [6.45, 7) is 7.00. The van der Waals surface area contributed by atoms with Crippen molar-refractivity contribution >= 4 is 0 Å². The largest absolute Gasteiger partial charge is 0.342 e. The van der Waals surface area contributed by atoms with E-state index in [2.05, 4.69) is 13.8 Å². The summed E-state index contributed by atoms with van der Waals surface area (Å²) < 4.78 is 0. The molecule has 1 aliphatic heterocycles. The highest BCUT2D eigenvalue weighted by molar-refractivity contribution is 5.07. The fourth-order valence-electron chi connectivity index (χ4n) is 1.40. The molecule has 0 saturated carbocycles. The van der Waals surface area contributed by atoms with Crippen LogP contribution in [0.1, 0.15) is 33.6 Å². The van der Waals surface area contributed by atoms with E-state index in [0.29, 0.717) is 12.5 Å². The highest BCUT2D eigenvalue weighted by Gasteiger charge is 2.15. The van der Waals surface area contributed by atoms with Gasteiger partial charge in [0.05, 0.1) is 6.61 Å². The molecule has 1 rings (SSSR count). The van der Waals surface area contributed by atoms with Crippen LogP contribution in [0.4, 0.5) is 0 Å². The number of rotatable bonds is 1. The SMILES string of the molecule is CCC1CCOOC(C)=C1C. The van der Waals surface area contributed by atoms with Gasteiger partial charge in [0.2, 0.25) is 0 Å². The summed E-state index contributed by atoms with van der Waals surface area (Å²) in [6.07, 6.45) is 2.26.